The minimum Gasteiger partial charge on any atom is -0.354 e. The van der Waals surface area contributed by atoms with Gasteiger partial charge in [-0.2, -0.15) is 0 Å². The molecule has 1 saturated heterocycles. The number of anilines is 1. The van der Waals surface area contributed by atoms with E-state index in [9.17, 15) is 4.79 Å². The van der Waals surface area contributed by atoms with Crippen molar-refractivity contribution in [1.82, 2.24) is 10.3 Å². The number of halogens is 1. The highest BCUT2D eigenvalue weighted by Crippen LogP contribution is 2.18. The third-order valence-corrected chi connectivity index (χ3v) is 3.86. The average molecular weight is 302 g/mol. The lowest BCUT2D eigenvalue weighted by atomic mass is 10.2. The van der Waals surface area contributed by atoms with Gasteiger partial charge in [-0.05, 0) is 42.8 Å². The summed E-state index contributed by atoms with van der Waals surface area (Å²) in [5.41, 5.74) is 0.635. The van der Waals surface area contributed by atoms with Crippen LogP contribution in [0.25, 0.3) is 0 Å². The van der Waals surface area contributed by atoms with Crippen molar-refractivity contribution < 1.29 is 4.79 Å². The van der Waals surface area contributed by atoms with Crippen molar-refractivity contribution in [1.29, 1.82) is 0 Å². The Balaban J connectivity index is 1.60. The maximum atomic E-state index is 12.2. The number of pyridine rings is 1. The zero-order chi connectivity index (χ0) is 14.7. The molecule has 1 aliphatic rings. The maximum absolute atomic E-state index is 12.2. The van der Waals surface area contributed by atoms with E-state index >= 15 is 0 Å². The molecule has 0 aliphatic carbocycles. The zero-order valence-corrected chi connectivity index (χ0v) is 12.3. The molecule has 2 heterocycles. The van der Waals surface area contributed by atoms with Gasteiger partial charge >= 0.3 is 0 Å². The smallest absolute Gasteiger partial charge is 0.251 e. The monoisotopic (exact) mass is 301 g/mol. The van der Waals surface area contributed by atoms with Gasteiger partial charge in [0.1, 0.15) is 5.82 Å². The minimum absolute atomic E-state index is 0.0560. The fourth-order valence-corrected chi connectivity index (χ4v) is 2.62. The lowest BCUT2D eigenvalue weighted by Gasteiger charge is -2.17. The molecular formula is C16H16ClN3O. The second-order valence-electron chi connectivity index (χ2n) is 5.10. The molecule has 1 fully saturated rings. The number of nitrogens with one attached hydrogen (secondary N) is 1. The van der Waals surface area contributed by atoms with Crippen LogP contribution in [0.4, 0.5) is 5.82 Å². The van der Waals surface area contributed by atoms with Crippen LogP contribution in [0.3, 0.4) is 0 Å². The molecule has 21 heavy (non-hydrogen) atoms. The second-order valence-corrected chi connectivity index (χ2v) is 5.54. The number of benzene rings is 1. The van der Waals surface area contributed by atoms with Crippen molar-refractivity contribution >= 4 is 23.3 Å². The number of hydrogen-bond donors (Lipinski definition) is 1. The molecule has 2 aromatic rings. The van der Waals surface area contributed by atoms with Crippen LogP contribution in [0, 0.1) is 0 Å². The molecular weight excluding hydrogens is 286 g/mol. The quantitative estimate of drug-likeness (QED) is 0.948. The number of carbonyl (C=O) groups excluding carboxylic acids is 1. The Bertz CT molecular complexity index is 615. The summed E-state index contributed by atoms with van der Waals surface area (Å²) in [6.45, 7) is 1.69. The Hall–Kier alpha value is -2.07. The third-order valence-electron chi connectivity index (χ3n) is 3.60. The Morgan fingerprint density at radius 1 is 1.24 bits per heavy atom. The van der Waals surface area contributed by atoms with E-state index in [0.717, 1.165) is 25.3 Å². The van der Waals surface area contributed by atoms with Crippen molar-refractivity contribution in [2.75, 3.05) is 18.0 Å². The Morgan fingerprint density at radius 2 is 2.05 bits per heavy atom. The molecule has 1 unspecified atom stereocenters. The normalized spacial score (nSPS) is 17.8. The standard InChI is InChI=1S/C16H16ClN3O/c17-13-6-4-12(5-7-13)16(21)19-14-8-10-20(11-14)15-3-1-2-9-18-15/h1-7,9,14H,8,10-11H2,(H,19,21). The molecule has 4 nitrogen and oxygen atoms in total. The van der Waals surface area contributed by atoms with Crippen molar-refractivity contribution in [3.63, 3.8) is 0 Å². The average Bonchev–Trinajstić information content (AvgIpc) is 2.97. The van der Waals surface area contributed by atoms with Crippen molar-refractivity contribution in [3.8, 4) is 0 Å². The summed E-state index contributed by atoms with van der Waals surface area (Å²) in [4.78, 5) is 18.7. The molecule has 1 aliphatic heterocycles. The van der Waals surface area contributed by atoms with Crippen LogP contribution < -0.4 is 10.2 Å². The summed E-state index contributed by atoms with van der Waals surface area (Å²) in [5, 5.41) is 3.70. The molecule has 0 bridgehead atoms. The predicted octanol–water partition coefficient (Wildman–Crippen LogP) is 2.74. The second kappa shape index (κ2) is 6.14. The number of rotatable bonds is 3. The van der Waals surface area contributed by atoms with Gasteiger partial charge in [-0.3, -0.25) is 4.79 Å². The van der Waals surface area contributed by atoms with E-state index in [2.05, 4.69) is 15.2 Å². The highest BCUT2D eigenvalue weighted by Gasteiger charge is 2.24. The molecule has 0 saturated carbocycles. The SMILES string of the molecule is O=C(NC1CCN(c2ccccn2)C1)c1ccc(Cl)cc1. The van der Waals surface area contributed by atoms with Crippen LogP contribution >= 0.6 is 11.6 Å². The summed E-state index contributed by atoms with van der Waals surface area (Å²) >= 11 is 5.83. The largest absolute Gasteiger partial charge is 0.354 e. The van der Waals surface area contributed by atoms with Gasteiger partial charge in [-0.15, -0.1) is 0 Å². The van der Waals surface area contributed by atoms with Crippen LogP contribution in [0.5, 0.6) is 0 Å². The van der Waals surface area contributed by atoms with E-state index in [1.54, 1.807) is 30.5 Å². The Kier molecular flexibility index (Phi) is 4.06. The summed E-state index contributed by atoms with van der Waals surface area (Å²) in [7, 11) is 0. The Morgan fingerprint density at radius 3 is 2.76 bits per heavy atom. The van der Waals surface area contributed by atoms with Gasteiger partial charge in [0, 0.05) is 35.9 Å². The van der Waals surface area contributed by atoms with Crippen LogP contribution in [-0.2, 0) is 0 Å². The lowest BCUT2D eigenvalue weighted by molar-refractivity contribution is 0.0940. The first-order valence-corrected chi connectivity index (χ1v) is 7.32. The highest BCUT2D eigenvalue weighted by atomic mass is 35.5. The molecule has 5 heteroatoms. The van der Waals surface area contributed by atoms with Gasteiger partial charge in [0.05, 0.1) is 0 Å². The van der Waals surface area contributed by atoms with E-state index in [4.69, 9.17) is 11.6 Å². The van der Waals surface area contributed by atoms with Gasteiger partial charge in [0.25, 0.3) is 5.91 Å². The van der Waals surface area contributed by atoms with E-state index < -0.39 is 0 Å². The van der Waals surface area contributed by atoms with Crippen LogP contribution in [0.1, 0.15) is 16.8 Å². The van der Waals surface area contributed by atoms with E-state index in [1.807, 2.05) is 18.2 Å². The van der Waals surface area contributed by atoms with Crippen LogP contribution in [0.2, 0.25) is 5.02 Å². The van der Waals surface area contributed by atoms with E-state index in [0.29, 0.717) is 10.6 Å². The topological polar surface area (TPSA) is 45.2 Å². The van der Waals surface area contributed by atoms with Gasteiger partial charge in [-0.25, -0.2) is 4.98 Å². The van der Waals surface area contributed by atoms with Crippen LogP contribution in [-0.4, -0.2) is 30.0 Å². The summed E-state index contributed by atoms with van der Waals surface area (Å²) in [6.07, 6.45) is 2.71. The molecule has 3 rings (SSSR count). The van der Waals surface area contributed by atoms with Gasteiger partial charge in [0.15, 0.2) is 0 Å². The molecule has 0 spiro atoms. The Labute approximate surface area is 128 Å². The number of hydrogen-bond acceptors (Lipinski definition) is 3. The minimum atomic E-state index is -0.0560. The number of carbonyl (C=O) groups is 1. The maximum Gasteiger partial charge on any atom is 0.251 e. The third kappa shape index (κ3) is 3.34. The van der Waals surface area contributed by atoms with Crippen molar-refractivity contribution in [2.45, 2.75) is 12.5 Å². The molecule has 1 aromatic carbocycles. The molecule has 108 valence electrons. The molecule has 0 radical (unpaired) electrons. The molecule has 1 N–H and O–H groups in total. The number of aromatic nitrogens is 1. The van der Waals surface area contributed by atoms with Crippen molar-refractivity contribution in [3.05, 3.63) is 59.2 Å². The first-order chi connectivity index (χ1) is 10.2. The lowest BCUT2D eigenvalue weighted by Crippen LogP contribution is -2.37. The van der Waals surface area contributed by atoms with Gasteiger partial charge in [0.2, 0.25) is 0 Å². The number of amides is 1. The molecule has 1 atom stereocenters. The molecule has 1 amide bonds. The summed E-state index contributed by atoms with van der Waals surface area (Å²) in [5.74, 6) is 0.903. The fraction of sp³-hybridized carbons (Fsp3) is 0.250. The fourth-order valence-electron chi connectivity index (χ4n) is 2.50. The van der Waals surface area contributed by atoms with Crippen molar-refractivity contribution in [2.24, 2.45) is 0 Å². The predicted molar refractivity (Wildman–Crippen MR) is 83.8 cm³/mol. The zero-order valence-electron chi connectivity index (χ0n) is 11.5. The van der Waals surface area contributed by atoms with Gasteiger partial charge < -0.3 is 10.2 Å². The summed E-state index contributed by atoms with van der Waals surface area (Å²) < 4.78 is 0. The van der Waals surface area contributed by atoms with Crippen LogP contribution in [0.15, 0.2) is 48.7 Å². The van der Waals surface area contributed by atoms with E-state index in [1.165, 1.54) is 0 Å². The van der Waals surface area contributed by atoms with Gasteiger partial charge in [-0.1, -0.05) is 17.7 Å². The number of nitrogens with zero attached hydrogens (tertiary/aromatic N) is 2. The highest BCUT2D eigenvalue weighted by molar-refractivity contribution is 6.30. The first kappa shape index (κ1) is 13.9. The molecule has 1 aromatic heterocycles. The first-order valence-electron chi connectivity index (χ1n) is 6.95. The van der Waals surface area contributed by atoms with E-state index in [-0.39, 0.29) is 11.9 Å². The summed E-state index contributed by atoms with van der Waals surface area (Å²) in [6, 6.07) is 12.9.